The van der Waals surface area contributed by atoms with Crippen LogP contribution >= 0.6 is 0 Å². The molecule has 0 bridgehead atoms. The van der Waals surface area contributed by atoms with Gasteiger partial charge >= 0.3 is 0 Å². The fourth-order valence-corrected chi connectivity index (χ4v) is 4.02. The summed E-state index contributed by atoms with van der Waals surface area (Å²) in [7, 11) is 0. The Bertz CT molecular complexity index is 599. The van der Waals surface area contributed by atoms with E-state index >= 15 is 0 Å². The monoisotopic (exact) mass is 284 g/mol. The van der Waals surface area contributed by atoms with Crippen molar-refractivity contribution in [3.05, 3.63) is 29.8 Å². The Kier molecular flexibility index (Phi) is 2.81. The lowest BCUT2D eigenvalue weighted by Gasteiger charge is -2.51. The molecule has 2 fully saturated rings. The Morgan fingerprint density at radius 3 is 2.67 bits per heavy atom. The third-order valence-electron chi connectivity index (χ3n) is 5.28. The summed E-state index contributed by atoms with van der Waals surface area (Å²) in [6.07, 6.45) is 5.14. The highest BCUT2D eigenvalue weighted by Crippen LogP contribution is 2.42. The van der Waals surface area contributed by atoms with Crippen LogP contribution in [0.25, 0.3) is 0 Å². The molecule has 1 saturated carbocycles. The summed E-state index contributed by atoms with van der Waals surface area (Å²) >= 11 is 0. The molecule has 1 aromatic carbocycles. The van der Waals surface area contributed by atoms with Gasteiger partial charge in [0, 0.05) is 24.7 Å². The number of carbonyl (C=O) groups is 2. The van der Waals surface area contributed by atoms with Gasteiger partial charge in [-0.1, -0.05) is 31.0 Å². The first-order valence-electron chi connectivity index (χ1n) is 7.86. The molecule has 2 aliphatic heterocycles. The Hall–Kier alpha value is -1.84. The van der Waals surface area contributed by atoms with Gasteiger partial charge in [0.15, 0.2) is 0 Å². The molecule has 1 N–H and O–H groups in total. The minimum atomic E-state index is -0.386. The normalized spacial score (nSPS) is 23.6. The molecule has 1 saturated heterocycles. The van der Waals surface area contributed by atoms with Crippen LogP contribution in [0, 0.1) is 11.3 Å². The number of anilines is 1. The smallest absolute Gasteiger partial charge is 0.234 e. The van der Waals surface area contributed by atoms with Gasteiger partial charge in [0.05, 0.1) is 5.41 Å². The Labute approximate surface area is 124 Å². The SMILES string of the molecule is O=C(C1CCCC1)N1CC2(Cc3ccccc3NC2=O)C1. The second-order valence-electron chi connectivity index (χ2n) is 6.74. The summed E-state index contributed by atoms with van der Waals surface area (Å²) in [5.41, 5.74) is 1.72. The van der Waals surface area contributed by atoms with Crippen LogP contribution in [-0.4, -0.2) is 29.8 Å². The van der Waals surface area contributed by atoms with Crippen LogP contribution < -0.4 is 5.32 Å². The van der Waals surface area contributed by atoms with Crippen molar-refractivity contribution in [3.63, 3.8) is 0 Å². The van der Waals surface area contributed by atoms with E-state index in [9.17, 15) is 9.59 Å². The van der Waals surface area contributed by atoms with E-state index in [0.717, 1.165) is 24.9 Å². The molecule has 1 spiro atoms. The first kappa shape index (κ1) is 12.9. The largest absolute Gasteiger partial charge is 0.340 e. The van der Waals surface area contributed by atoms with Crippen molar-refractivity contribution in [2.75, 3.05) is 18.4 Å². The molecule has 21 heavy (non-hydrogen) atoms. The van der Waals surface area contributed by atoms with Gasteiger partial charge < -0.3 is 10.2 Å². The summed E-state index contributed by atoms with van der Waals surface area (Å²) in [5.74, 6) is 0.558. The van der Waals surface area contributed by atoms with Gasteiger partial charge in [-0.25, -0.2) is 0 Å². The van der Waals surface area contributed by atoms with Gasteiger partial charge in [0.2, 0.25) is 11.8 Å². The van der Waals surface area contributed by atoms with Gasteiger partial charge in [-0.15, -0.1) is 0 Å². The summed E-state index contributed by atoms with van der Waals surface area (Å²) < 4.78 is 0. The molecule has 4 heteroatoms. The van der Waals surface area contributed by atoms with Gasteiger partial charge in [-0.3, -0.25) is 9.59 Å². The molecule has 0 atom stereocenters. The van der Waals surface area contributed by atoms with E-state index in [4.69, 9.17) is 0 Å². The number of amides is 2. The van der Waals surface area contributed by atoms with E-state index in [-0.39, 0.29) is 23.1 Å². The lowest BCUT2D eigenvalue weighted by Crippen LogP contribution is -2.66. The van der Waals surface area contributed by atoms with E-state index in [2.05, 4.69) is 11.4 Å². The van der Waals surface area contributed by atoms with Crippen LogP contribution in [-0.2, 0) is 16.0 Å². The Morgan fingerprint density at radius 2 is 1.90 bits per heavy atom. The zero-order chi connectivity index (χ0) is 14.4. The van der Waals surface area contributed by atoms with Gasteiger partial charge in [-0.2, -0.15) is 0 Å². The minimum absolute atomic E-state index is 0.0803. The van der Waals surface area contributed by atoms with Crippen molar-refractivity contribution in [2.45, 2.75) is 32.1 Å². The summed E-state index contributed by atoms with van der Waals surface area (Å²) in [4.78, 5) is 26.7. The topological polar surface area (TPSA) is 49.4 Å². The van der Waals surface area contributed by atoms with Gasteiger partial charge in [0.25, 0.3) is 0 Å². The highest BCUT2D eigenvalue weighted by Gasteiger charge is 2.53. The van der Waals surface area contributed by atoms with Crippen LogP contribution in [0.5, 0.6) is 0 Å². The third-order valence-corrected chi connectivity index (χ3v) is 5.28. The van der Waals surface area contributed by atoms with Crippen molar-refractivity contribution >= 4 is 17.5 Å². The number of hydrogen-bond acceptors (Lipinski definition) is 2. The molecular formula is C17H20N2O2. The fourth-order valence-electron chi connectivity index (χ4n) is 4.02. The quantitative estimate of drug-likeness (QED) is 0.859. The molecular weight excluding hydrogens is 264 g/mol. The maximum absolute atomic E-state index is 12.4. The average molecular weight is 284 g/mol. The molecule has 2 amide bonds. The molecule has 4 nitrogen and oxygen atoms in total. The zero-order valence-electron chi connectivity index (χ0n) is 12.1. The van der Waals surface area contributed by atoms with Crippen molar-refractivity contribution in [1.29, 1.82) is 0 Å². The molecule has 3 aliphatic rings. The second kappa shape index (κ2) is 4.58. The van der Waals surface area contributed by atoms with Gasteiger partial charge in [-0.05, 0) is 30.9 Å². The molecule has 0 unspecified atom stereocenters. The molecule has 1 aromatic rings. The number of carbonyl (C=O) groups excluding carboxylic acids is 2. The fraction of sp³-hybridized carbons (Fsp3) is 0.529. The predicted octanol–water partition coefficient (Wildman–Crippen LogP) is 2.20. The number of hydrogen-bond donors (Lipinski definition) is 1. The summed E-state index contributed by atoms with van der Waals surface area (Å²) in [6, 6.07) is 7.95. The lowest BCUT2D eigenvalue weighted by atomic mass is 9.71. The number of rotatable bonds is 1. The van der Waals surface area contributed by atoms with E-state index in [0.29, 0.717) is 13.1 Å². The highest BCUT2D eigenvalue weighted by molar-refractivity contribution is 6.00. The van der Waals surface area contributed by atoms with Crippen molar-refractivity contribution in [2.24, 2.45) is 11.3 Å². The molecule has 2 heterocycles. The van der Waals surface area contributed by atoms with E-state index < -0.39 is 0 Å². The average Bonchev–Trinajstić information content (AvgIpc) is 2.97. The highest BCUT2D eigenvalue weighted by atomic mass is 16.2. The Balaban J connectivity index is 1.48. The van der Waals surface area contributed by atoms with Crippen LogP contribution in [0.3, 0.4) is 0 Å². The van der Waals surface area contributed by atoms with E-state index in [1.165, 1.54) is 18.4 Å². The predicted molar refractivity (Wildman–Crippen MR) is 79.7 cm³/mol. The minimum Gasteiger partial charge on any atom is -0.340 e. The number of para-hydroxylation sites is 1. The van der Waals surface area contributed by atoms with Crippen LogP contribution in [0.1, 0.15) is 31.2 Å². The van der Waals surface area contributed by atoms with Crippen LogP contribution in [0.15, 0.2) is 24.3 Å². The van der Waals surface area contributed by atoms with Crippen LogP contribution in [0.4, 0.5) is 5.69 Å². The van der Waals surface area contributed by atoms with Gasteiger partial charge in [0.1, 0.15) is 0 Å². The molecule has 1 aliphatic carbocycles. The number of fused-ring (bicyclic) bond motifs is 1. The molecule has 4 rings (SSSR count). The maximum Gasteiger partial charge on any atom is 0.234 e. The maximum atomic E-state index is 12.4. The third kappa shape index (κ3) is 1.96. The Morgan fingerprint density at radius 1 is 1.19 bits per heavy atom. The summed E-state index contributed by atoms with van der Waals surface area (Å²) in [6.45, 7) is 1.17. The van der Waals surface area contributed by atoms with Crippen molar-refractivity contribution < 1.29 is 9.59 Å². The lowest BCUT2D eigenvalue weighted by molar-refractivity contribution is -0.154. The van der Waals surface area contributed by atoms with Crippen molar-refractivity contribution in [1.82, 2.24) is 4.90 Å². The second-order valence-corrected chi connectivity index (χ2v) is 6.74. The number of nitrogens with one attached hydrogen (secondary N) is 1. The van der Waals surface area contributed by atoms with E-state index in [1.54, 1.807) is 0 Å². The standard InChI is InChI=1S/C17H20N2O2/c20-15(12-5-1-2-6-12)19-10-17(11-19)9-13-7-3-4-8-14(13)18-16(17)21/h3-4,7-8,12H,1-2,5-6,9-11H2,(H,18,21). The van der Waals surface area contributed by atoms with Crippen LogP contribution in [0.2, 0.25) is 0 Å². The number of benzene rings is 1. The number of nitrogens with zero attached hydrogens (tertiary/aromatic N) is 1. The molecule has 0 radical (unpaired) electrons. The zero-order valence-corrected chi connectivity index (χ0v) is 12.1. The first-order chi connectivity index (χ1) is 10.2. The molecule has 110 valence electrons. The first-order valence-corrected chi connectivity index (χ1v) is 7.86. The molecule has 0 aromatic heterocycles. The van der Waals surface area contributed by atoms with Crippen molar-refractivity contribution in [3.8, 4) is 0 Å². The number of likely N-dealkylation sites (tertiary alicyclic amines) is 1. The van der Waals surface area contributed by atoms with E-state index in [1.807, 2.05) is 23.1 Å². The summed E-state index contributed by atoms with van der Waals surface area (Å²) in [5, 5.41) is 3.00.